The predicted octanol–water partition coefficient (Wildman–Crippen LogP) is 3.60. The summed E-state index contributed by atoms with van der Waals surface area (Å²) in [5.74, 6) is -1.49. The molecule has 0 atom stereocenters. The Morgan fingerprint density at radius 2 is 1.90 bits per heavy atom. The van der Waals surface area contributed by atoms with Gasteiger partial charge in [-0.2, -0.15) is 0 Å². The van der Waals surface area contributed by atoms with Crippen molar-refractivity contribution in [2.24, 2.45) is 0 Å². The Kier molecular flexibility index (Phi) is 4.05. The van der Waals surface area contributed by atoms with E-state index in [0.717, 1.165) is 5.56 Å². The minimum absolute atomic E-state index is 0.0559. The van der Waals surface area contributed by atoms with Gasteiger partial charge in [0.2, 0.25) is 0 Å². The van der Waals surface area contributed by atoms with E-state index in [-0.39, 0.29) is 11.3 Å². The smallest absolute Gasteiger partial charge is 0.337 e. The van der Waals surface area contributed by atoms with E-state index in [1.165, 1.54) is 12.1 Å². The zero-order valence-corrected chi connectivity index (χ0v) is 11.4. The van der Waals surface area contributed by atoms with Crippen molar-refractivity contribution in [1.82, 2.24) is 0 Å². The van der Waals surface area contributed by atoms with E-state index < -0.39 is 11.9 Å². The summed E-state index contributed by atoms with van der Waals surface area (Å²) in [5.41, 5.74) is 1.49. The highest BCUT2D eigenvalue weighted by Crippen LogP contribution is 2.19. The van der Waals surface area contributed by atoms with Crippen LogP contribution in [0.3, 0.4) is 0 Å². The number of halogens is 1. The molecule has 0 aliphatic rings. The minimum atomic E-state index is -1.09. The molecule has 0 saturated heterocycles. The molecule has 2 rings (SSSR count). The molecular weight excluding hydrogens is 278 g/mol. The summed E-state index contributed by atoms with van der Waals surface area (Å²) in [6.45, 7) is 1.79. The monoisotopic (exact) mass is 289 g/mol. The van der Waals surface area contributed by atoms with Crippen LogP contribution in [0.1, 0.15) is 26.3 Å². The van der Waals surface area contributed by atoms with Crippen LogP contribution in [-0.2, 0) is 0 Å². The lowest BCUT2D eigenvalue weighted by Gasteiger charge is -2.09. The Morgan fingerprint density at radius 3 is 2.55 bits per heavy atom. The molecule has 102 valence electrons. The Bertz CT molecular complexity index is 683. The highest BCUT2D eigenvalue weighted by molar-refractivity contribution is 6.31. The fraction of sp³-hybridized carbons (Fsp3) is 0.0667. The van der Waals surface area contributed by atoms with Crippen LogP contribution in [0.25, 0.3) is 0 Å². The number of carbonyl (C=O) groups is 2. The SMILES string of the molecule is Cc1ccc(NC(=O)c2cccc(Cl)c2)c(C(=O)O)c1. The first-order valence-corrected chi connectivity index (χ1v) is 6.26. The van der Waals surface area contributed by atoms with E-state index in [4.69, 9.17) is 16.7 Å². The highest BCUT2D eigenvalue weighted by atomic mass is 35.5. The zero-order valence-electron chi connectivity index (χ0n) is 10.7. The summed E-state index contributed by atoms with van der Waals surface area (Å²) in [4.78, 5) is 23.2. The maximum Gasteiger partial charge on any atom is 0.337 e. The third-order valence-corrected chi connectivity index (χ3v) is 2.98. The first-order valence-electron chi connectivity index (χ1n) is 5.88. The number of rotatable bonds is 3. The van der Waals surface area contributed by atoms with E-state index in [0.29, 0.717) is 10.6 Å². The maximum absolute atomic E-state index is 12.1. The molecule has 0 aliphatic heterocycles. The largest absolute Gasteiger partial charge is 0.478 e. The maximum atomic E-state index is 12.1. The number of aromatic carboxylic acids is 1. The molecule has 1 amide bonds. The van der Waals surface area contributed by atoms with Crippen molar-refractivity contribution in [3.05, 3.63) is 64.2 Å². The summed E-state index contributed by atoms with van der Waals surface area (Å²) in [6, 6.07) is 11.3. The molecule has 0 aromatic heterocycles. The molecule has 0 bridgehead atoms. The number of aryl methyl sites for hydroxylation is 1. The van der Waals surface area contributed by atoms with Gasteiger partial charge in [0.25, 0.3) is 5.91 Å². The van der Waals surface area contributed by atoms with Crippen molar-refractivity contribution in [3.63, 3.8) is 0 Å². The highest BCUT2D eigenvalue weighted by Gasteiger charge is 2.13. The Morgan fingerprint density at radius 1 is 1.15 bits per heavy atom. The average Bonchev–Trinajstić information content (AvgIpc) is 2.40. The van der Waals surface area contributed by atoms with E-state index >= 15 is 0 Å². The topological polar surface area (TPSA) is 66.4 Å². The summed E-state index contributed by atoms with van der Waals surface area (Å²) in [6.07, 6.45) is 0. The third-order valence-electron chi connectivity index (χ3n) is 2.74. The number of nitrogens with one attached hydrogen (secondary N) is 1. The number of anilines is 1. The standard InChI is InChI=1S/C15H12ClNO3/c1-9-5-6-13(12(7-9)15(19)20)17-14(18)10-3-2-4-11(16)8-10/h2-8H,1H3,(H,17,18)(H,19,20). The van der Waals surface area contributed by atoms with Crippen molar-refractivity contribution in [2.75, 3.05) is 5.32 Å². The number of carboxylic acid groups (broad SMARTS) is 1. The molecule has 0 saturated carbocycles. The van der Waals surface area contributed by atoms with Crippen molar-refractivity contribution in [3.8, 4) is 0 Å². The summed E-state index contributed by atoms with van der Waals surface area (Å²) in [7, 11) is 0. The first-order chi connectivity index (χ1) is 9.47. The molecular formula is C15H12ClNO3. The number of hydrogen-bond acceptors (Lipinski definition) is 2. The fourth-order valence-corrected chi connectivity index (χ4v) is 1.96. The van der Waals surface area contributed by atoms with Crippen LogP contribution in [0.4, 0.5) is 5.69 Å². The van der Waals surface area contributed by atoms with Gasteiger partial charge in [-0.1, -0.05) is 29.3 Å². The molecule has 0 fully saturated rings. The second-order valence-electron chi connectivity index (χ2n) is 4.32. The fourth-order valence-electron chi connectivity index (χ4n) is 1.77. The van der Waals surface area contributed by atoms with Crippen LogP contribution in [-0.4, -0.2) is 17.0 Å². The van der Waals surface area contributed by atoms with Crippen LogP contribution >= 0.6 is 11.6 Å². The molecule has 5 heteroatoms. The van der Waals surface area contributed by atoms with Crippen LogP contribution < -0.4 is 5.32 Å². The van der Waals surface area contributed by atoms with E-state index in [1.807, 2.05) is 0 Å². The van der Waals surface area contributed by atoms with Gasteiger partial charge in [-0.15, -0.1) is 0 Å². The molecule has 0 unspecified atom stereocenters. The second kappa shape index (κ2) is 5.75. The number of carboxylic acids is 1. The summed E-state index contributed by atoms with van der Waals surface area (Å²) >= 11 is 5.82. The number of carbonyl (C=O) groups excluding carboxylic acids is 1. The average molecular weight is 290 g/mol. The lowest BCUT2D eigenvalue weighted by molar-refractivity contribution is 0.0698. The molecule has 0 aliphatic carbocycles. The number of amides is 1. The van der Waals surface area contributed by atoms with Crippen LogP contribution in [0, 0.1) is 6.92 Å². The van der Waals surface area contributed by atoms with Gasteiger partial charge in [0.1, 0.15) is 0 Å². The Balaban J connectivity index is 2.30. The molecule has 2 N–H and O–H groups in total. The Hall–Kier alpha value is -2.33. The van der Waals surface area contributed by atoms with Crippen molar-refractivity contribution in [2.45, 2.75) is 6.92 Å². The van der Waals surface area contributed by atoms with Crippen LogP contribution in [0.15, 0.2) is 42.5 Å². The van der Waals surface area contributed by atoms with E-state index in [9.17, 15) is 9.59 Å². The van der Waals surface area contributed by atoms with Gasteiger partial charge in [-0.25, -0.2) is 4.79 Å². The molecule has 0 spiro atoms. The number of hydrogen-bond donors (Lipinski definition) is 2. The molecule has 2 aromatic carbocycles. The summed E-state index contributed by atoms with van der Waals surface area (Å²) in [5, 5.41) is 12.2. The van der Waals surface area contributed by atoms with Crippen molar-refractivity contribution in [1.29, 1.82) is 0 Å². The molecule has 0 heterocycles. The van der Waals surface area contributed by atoms with Crippen molar-refractivity contribution < 1.29 is 14.7 Å². The second-order valence-corrected chi connectivity index (χ2v) is 4.76. The Labute approximate surface area is 121 Å². The normalized spacial score (nSPS) is 10.1. The lowest BCUT2D eigenvalue weighted by atomic mass is 10.1. The van der Waals surface area contributed by atoms with Gasteiger partial charge < -0.3 is 10.4 Å². The number of benzene rings is 2. The van der Waals surface area contributed by atoms with E-state index in [1.54, 1.807) is 37.3 Å². The van der Waals surface area contributed by atoms with Gasteiger partial charge in [0.05, 0.1) is 11.3 Å². The molecule has 0 radical (unpaired) electrons. The van der Waals surface area contributed by atoms with Crippen LogP contribution in [0.2, 0.25) is 5.02 Å². The van der Waals surface area contributed by atoms with Gasteiger partial charge in [0.15, 0.2) is 0 Å². The zero-order chi connectivity index (χ0) is 14.7. The first kappa shape index (κ1) is 14.1. The summed E-state index contributed by atoms with van der Waals surface area (Å²) < 4.78 is 0. The van der Waals surface area contributed by atoms with Gasteiger partial charge >= 0.3 is 5.97 Å². The molecule has 2 aromatic rings. The van der Waals surface area contributed by atoms with Crippen LogP contribution in [0.5, 0.6) is 0 Å². The third kappa shape index (κ3) is 3.16. The van der Waals surface area contributed by atoms with Crippen molar-refractivity contribution >= 4 is 29.2 Å². The van der Waals surface area contributed by atoms with Gasteiger partial charge in [-0.05, 0) is 37.3 Å². The quantitative estimate of drug-likeness (QED) is 0.907. The lowest BCUT2D eigenvalue weighted by Crippen LogP contribution is -2.14. The predicted molar refractivity (Wildman–Crippen MR) is 77.5 cm³/mol. The van der Waals surface area contributed by atoms with Gasteiger partial charge in [-0.3, -0.25) is 4.79 Å². The van der Waals surface area contributed by atoms with Gasteiger partial charge in [0, 0.05) is 10.6 Å². The molecule has 4 nitrogen and oxygen atoms in total. The van der Waals surface area contributed by atoms with E-state index in [2.05, 4.69) is 5.32 Å². The minimum Gasteiger partial charge on any atom is -0.478 e. The molecule has 20 heavy (non-hydrogen) atoms.